The van der Waals surface area contributed by atoms with Gasteiger partial charge in [-0.25, -0.2) is 0 Å². The number of aromatic nitrogens is 2. The van der Waals surface area contributed by atoms with Gasteiger partial charge in [-0.3, -0.25) is 4.79 Å². The van der Waals surface area contributed by atoms with Crippen molar-refractivity contribution in [2.75, 3.05) is 40.4 Å². The molecule has 138 valence electrons. The number of fused-ring (bicyclic) bond motifs is 1. The van der Waals surface area contributed by atoms with E-state index in [1.54, 1.807) is 0 Å². The third kappa shape index (κ3) is 4.21. The highest BCUT2D eigenvalue weighted by Crippen LogP contribution is 2.35. The molecular formula is C18H28N4O3. The van der Waals surface area contributed by atoms with E-state index in [1.807, 2.05) is 0 Å². The van der Waals surface area contributed by atoms with Crippen LogP contribution in [-0.4, -0.2) is 61.4 Å². The first kappa shape index (κ1) is 17.9. The SMILES string of the molecule is COc1cnnc(OC)c1C(=O)NCCN1CCC2CCCCC2C1. The summed E-state index contributed by atoms with van der Waals surface area (Å²) < 4.78 is 10.4. The minimum atomic E-state index is -0.240. The second-order valence-corrected chi connectivity index (χ2v) is 6.95. The molecule has 0 aromatic carbocycles. The molecule has 2 heterocycles. The molecule has 1 aliphatic heterocycles. The van der Waals surface area contributed by atoms with Crippen molar-refractivity contribution >= 4 is 5.91 Å². The predicted octanol–water partition coefficient (Wildman–Crippen LogP) is 1.74. The number of carbonyl (C=O) groups excluding carboxylic acids is 1. The molecule has 2 unspecified atom stereocenters. The summed E-state index contributed by atoms with van der Waals surface area (Å²) in [5.41, 5.74) is 0.297. The first-order valence-electron chi connectivity index (χ1n) is 9.17. The number of hydrogen-bond donors (Lipinski definition) is 1. The zero-order valence-electron chi connectivity index (χ0n) is 15.2. The van der Waals surface area contributed by atoms with Crippen LogP contribution in [0.4, 0.5) is 0 Å². The number of hydrogen-bond acceptors (Lipinski definition) is 6. The molecule has 7 nitrogen and oxygen atoms in total. The lowest BCUT2D eigenvalue weighted by atomic mass is 9.75. The van der Waals surface area contributed by atoms with Crippen molar-refractivity contribution in [3.05, 3.63) is 11.8 Å². The van der Waals surface area contributed by atoms with Gasteiger partial charge in [0.15, 0.2) is 5.75 Å². The standard InChI is InChI=1S/C18H28N4O3/c1-24-15-11-20-21-18(25-2)16(15)17(23)19-8-10-22-9-7-13-5-3-4-6-14(13)12-22/h11,13-14H,3-10,12H2,1-2H3,(H,19,23). The number of rotatable bonds is 6. The highest BCUT2D eigenvalue weighted by Gasteiger charge is 2.30. The van der Waals surface area contributed by atoms with Gasteiger partial charge in [0, 0.05) is 19.6 Å². The van der Waals surface area contributed by atoms with Crippen LogP contribution in [0.3, 0.4) is 0 Å². The Balaban J connectivity index is 1.51. The minimum absolute atomic E-state index is 0.180. The highest BCUT2D eigenvalue weighted by atomic mass is 16.5. The molecule has 1 aromatic rings. The number of carbonyl (C=O) groups is 1. The lowest BCUT2D eigenvalue weighted by Crippen LogP contribution is -2.44. The Bertz CT molecular complexity index is 573. The second kappa shape index (κ2) is 8.47. The molecule has 1 aromatic heterocycles. The second-order valence-electron chi connectivity index (χ2n) is 6.95. The van der Waals surface area contributed by atoms with Crippen LogP contribution < -0.4 is 14.8 Å². The normalized spacial score (nSPS) is 23.6. The van der Waals surface area contributed by atoms with Gasteiger partial charge in [-0.2, -0.15) is 5.10 Å². The van der Waals surface area contributed by atoms with Crippen LogP contribution in [-0.2, 0) is 0 Å². The van der Waals surface area contributed by atoms with Crippen LogP contribution in [0.1, 0.15) is 42.5 Å². The van der Waals surface area contributed by atoms with E-state index in [4.69, 9.17) is 9.47 Å². The molecule has 2 atom stereocenters. The first-order valence-corrected chi connectivity index (χ1v) is 9.17. The van der Waals surface area contributed by atoms with E-state index in [2.05, 4.69) is 20.4 Å². The minimum Gasteiger partial charge on any atom is -0.494 e. The third-order valence-electron chi connectivity index (χ3n) is 5.51. The fourth-order valence-corrected chi connectivity index (χ4v) is 4.16. The summed E-state index contributed by atoms with van der Waals surface area (Å²) in [5.74, 6) is 2.09. The molecule has 3 rings (SSSR count). The summed E-state index contributed by atoms with van der Waals surface area (Å²) in [6, 6.07) is 0. The Kier molecular flexibility index (Phi) is 6.07. The fraction of sp³-hybridized carbons (Fsp3) is 0.722. The Morgan fingerprint density at radius 1 is 1.24 bits per heavy atom. The van der Waals surface area contributed by atoms with Crippen molar-refractivity contribution in [2.45, 2.75) is 32.1 Å². The van der Waals surface area contributed by atoms with Crippen molar-refractivity contribution in [3.63, 3.8) is 0 Å². The van der Waals surface area contributed by atoms with Crippen LogP contribution in [0.25, 0.3) is 0 Å². The number of nitrogens with zero attached hydrogens (tertiary/aromatic N) is 3. The molecule has 1 saturated heterocycles. The Labute approximate surface area is 149 Å². The van der Waals surface area contributed by atoms with E-state index in [0.29, 0.717) is 17.9 Å². The molecule has 0 bridgehead atoms. The maximum absolute atomic E-state index is 12.5. The summed E-state index contributed by atoms with van der Waals surface area (Å²) in [5, 5.41) is 10.6. The Morgan fingerprint density at radius 3 is 2.80 bits per heavy atom. The quantitative estimate of drug-likeness (QED) is 0.844. The van der Waals surface area contributed by atoms with Gasteiger partial charge in [-0.15, -0.1) is 5.10 Å². The Hall–Kier alpha value is -1.89. The van der Waals surface area contributed by atoms with Gasteiger partial charge in [-0.05, 0) is 31.2 Å². The van der Waals surface area contributed by atoms with Crippen LogP contribution >= 0.6 is 0 Å². The van der Waals surface area contributed by atoms with Crippen LogP contribution in [0, 0.1) is 11.8 Å². The molecule has 1 N–H and O–H groups in total. The van der Waals surface area contributed by atoms with Crippen LogP contribution in [0.5, 0.6) is 11.6 Å². The van der Waals surface area contributed by atoms with Gasteiger partial charge in [0.2, 0.25) is 5.88 Å². The summed E-state index contributed by atoms with van der Waals surface area (Å²) in [7, 11) is 2.97. The maximum atomic E-state index is 12.5. The largest absolute Gasteiger partial charge is 0.494 e. The molecule has 1 amide bonds. The highest BCUT2D eigenvalue weighted by molar-refractivity contribution is 5.98. The molecule has 1 saturated carbocycles. The van der Waals surface area contributed by atoms with Crippen molar-refractivity contribution < 1.29 is 14.3 Å². The number of ether oxygens (including phenoxy) is 2. The molecule has 0 radical (unpaired) electrons. The fourth-order valence-electron chi connectivity index (χ4n) is 4.16. The van der Waals surface area contributed by atoms with Crippen LogP contribution in [0.15, 0.2) is 6.20 Å². The van der Waals surface area contributed by atoms with E-state index >= 15 is 0 Å². The van der Waals surface area contributed by atoms with E-state index in [-0.39, 0.29) is 11.8 Å². The van der Waals surface area contributed by atoms with E-state index < -0.39 is 0 Å². The van der Waals surface area contributed by atoms with Gasteiger partial charge < -0.3 is 19.7 Å². The Morgan fingerprint density at radius 2 is 2.04 bits per heavy atom. The van der Waals surface area contributed by atoms with Crippen LogP contribution in [0.2, 0.25) is 0 Å². The number of nitrogens with one attached hydrogen (secondary N) is 1. The van der Waals surface area contributed by atoms with Crippen molar-refractivity contribution in [1.29, 1.82) is 0 Å². The molecule has 0 spiro atoms. The van der Waals surface area contributed by atoms with Gasteiger partial charge in [0.1, 0.15) is 5.56 Å². The molecule has 7 heteroatoms. The van der Waals surface area contributed by atoms with Gasteiger partial charge >= 0.3 is 0 Å². The van der Waals surface area contributed by atoms with E-state index in [9.17, 15) is 4.79 Å². The smallest absolute Gasteiger partial charge is 0.260 e. The lowest BCUT2D eigenvalue weighted by molar-refractivity contribution is 0.0830. The zero-order valence-corrected chi connectivity index (χ0v) is 15.2. The lowest BCUT2D eigenvalue weighted by Gasteiger charge is -2.41. The predicted molar refractivity (Wildman–Crippen MR) is 94.0 cm³/mol. The summed E-state index contributed by atoms with van der Waals surface area (Å²) in [6.45, 7) is 3.79. The topological polar surface area (TPSA) is 76.6 Å². The molecule has 25 heavy (non-hydrogen) atoms. The molecule has 2 aliphatic rings. The summed E-state index contributed by atoms with van der Waals surface area (Å²) in [4.78, 5) is 15.0. The summed E-state index contributed by atoms with van der Waals surface area (Å²) >= 11 is 0. The van der Waals surface area contributed by atoms with Gasteiger partial charge in [0.25, 0.3) is 5.91 Å². The average Bonchev–Trinajstić information content (AvgIpc) is 2.67. The van der Waals surface area contributed by atoms with Gasteiger partial charge in [-0.1, -0.05) is 19.3 Å². The average molecular weight is 348 g/mol. The number of amides is 1. The van der Waals surface area contributed by atoms with Crippen molar-refractivity contribution in [1.82, 2.24) is 20.4 Å². The molecule has 1 aliphatic carbocycles. The maximum Gasteiger partial charge on any atom is 0.260 e. The number of likely N-dealkylation sites (tertiary alicyclic amines) is 1. The monoisotopic (exact) mass is 348 g/mol. The van der Waals surface area contributed by atoms with Crippen molar-refractivity contribution in [3.8, 4) is 11.6 Å². The van der Waals surface area contributed by atoms with Gasteiger partial charge in [0.05, 0.1) is 20.4 Å². The van der Waals surface area contributed by atoms with Crippen molar-refractivity contribution in [2.24, 2.45) is 11.8 Å². The molecular weight excluding hydrogens is 320 g/mol. The molecule has 2 fully saturated rings. The summed E-state index contributed by atoms with van der Waals surface area (Å²) in [6.07, 6.45) is 8.27. The van der Waals surface area contributed by atoms with E-state index in [0.717, 1.165) is 24.9 Å². The number of methoxy groups -OCH3 is 2. The zero-order chi connectivity index (χ0) is 17.6. The third-order valence-corrected chi connectivity index (χ3v) is 5.51. The number of piperidine rings is 1. The first-order chi connectivity index (χ1) is 12.2. The van der Waals surface area contributed by atoms with E-state index in [1.165, 1.54) is 59.1 Å².